The Morgan fingerprint density at radius 1 is 1.09 bits per heavy atom. The van der Waals surface area contributed by atoms with Crippen molar-refractivity contribution in [3.8, 4) is 5.75 Å². The number of fused-ring (bicyclic) bond motifs is 1. The molecule has 1 aliphatic rings. The maximum Gasteiger partial charge on any atom is 0.263 e. The molecule has 0 radical (unpaired) electrons. The summed E-state index contributed by atoms with van der Waals surface area (Å²) < 4.78 is 31.7. The summed E-state index contributed by atoms with van der Waals surface area (Å²) >= 11 is 0. The number of hydrogen-bond acceptors (Lipinski definition) is 5. The molecule has 1 aliphatic heterocycles. The molecular formula is C16H16N2O4S. The van der Waals surface area contributed by atoms with Gasteiger partial charge in [0.15, 0.2) is 0 Å². The zero-order valence-corrected chi connectivity index (χ0v) is 13.0. The van der Waals surface area contributed by atoms with Crippen LogP contribution in [-0.2, 0) is 10.0 Å². The second-order valence-corrected chi connectivity index (χ2v) is 6.72. The number of aliphatic hydroxyl groups is 1. The van der Waals surface area contributed by atoms with E-state index in [2.05, 4.69) is 9.71 Å². The van der Waals surface area contributed by atoms with Crippen LogP contribution < -0.4 is 9.46 Å². The van der Waals surface area contributed by atoms with Gasteiger partial charge in [0, 0.05) is 5.56 Å². The first-order valence-corrected chi connectivity index (χ1v) is 8.57. The van der Waals surface area contributed by atoms with Crippen LogP contribution in [0, 0.1) is 0 Å². The molecule has 0 amide bonds. The Morgan fingerprint density at radius 3 is 2.57 bits per heavy atom. The Morgan fingerprint density at radius 2 is 1.78 bits per heavy atom. The molecule has 0 bridgehead atoms. The molecule has 2 N–H and O–H groups in total. The van der Waals surface area contributed by atoms with E-state index in [1.54, 1.807) is 30.3 Å². The highest BCUT2D eigenvalue weighted by Crippen LogP contribution is 2.22. The number of hydrogen-bond donors (Lipinski definition) is 2. The van der Waals surface area contributed by atoms with Gasteiger partial charge < -0.3 is 9.84 Å². The van der Waals surface area contributed by atoms with Gasteiger partial charge in [-0.05, 0) is 24.3 Å². The lowest BCUT2D eigenvalue weighted by atomic mass is 10.2. The molecule has 0 fully saturated rings. The zero-order chi connectivity index (χ0) is 16.3. The zero-order valence-electron chi connectivity index (χ0n) is 12.2. The van der Waals surface area contributed by atoms with Gasteiger partial charge >= 0.3 is 0 Å². The van der Waals surface area contributed by atoms with Crippen molar-refractivity contribution in [1.29, 1.82) is 0 Å². The Hall–Kier alpha value is -2.38. The lowest BCUT2D eigenvalue weighted by molar-refractivity contribution is 0.114. The molecule has 1 heterocycles. The second kappa shape index (κ2) is 6.39. The van der Waals surface area contributed by atoms with Crippen molar-refractivity contribution >= 4 is 15.9 Å². The van der Waals surface area contributed by atoms with Crippen LogP contribution in [0.2, 0.25) is 0 Å². The van der Waals surface area contributed by atoms with E-state index >= 15 is 0 Å². The fourth-order valence-electron chi connectivity index (χ4n) is 2.21. The number of nitrogens with one attached hydrogen (secondary N) is 1. The Labute approximate surface area is 134 Å². The molecular weight excluding hydrogens is 316 g/mol. The number of sulfonamides is 1. The van der Waals surface area contributed by atoms with Crippen molar-refractivity contribution in [3.63, 3.8) is 0 Å². The first kappa shape index (κ1) is 15.5. The van der Waals surface area contributed by atoms with Gasteiger partial charge in [0.2, 0.25) is 0 Å². The van der Waals surface area contributed by atoms with E-state index < -0.39 is 16.1 Å². The Kier molecular flexibility index (Phi) is 4.31. The largest absolute Gasteiger partial charge is 0.491 e. The maximum absolute atomic E-state index is 11.9. The van der Waals surface area contributed by atoms with Crippen LogP contribution in [0.4, 0.5) is 0 Å². The number of ether oxygens (including phenoxy) is 1. The monoisotopic (exact) mass is 332 g/mol. The smallest absolute Gasteiger partial charge is 0.263 e. The second-order valence-electron chi connectivity index (χ2n) is 5.07. The highest BCUT2D eigenvalue weighted by molar-refractivity contribution is 7.90. The van der Waals surface area contributed by atoms with E-state index in [9.17, 15) is 13.5 Å². The van der Waals surface area contributed by atoms with Gasteiger partial charge in [-0.3, -0.25) is 9.71 Å². The van der Waals surface area contributed by atoms with Crippen LogP contribution in [0.1, 0.15) is 5.56 Å². The molecule has 7 heteroatoms. The van der Waals surface area contributed by atoms with Crippen molar-refractivity contribution in [2.45, 2.75) is 11.0 Å². The van der Waals surface area contributed by atoms with E-state index in [4.69, 9.17) is 4.74 Å². The van der Waals surface area contributed by atoms with Gasteiger partial charge in [0.1, 0.15) is 24.3 Å². The predicted octanol–water partition coefficient (Wildman–Crippen LogP) is 1.16. The minimum atomic E-state index is -3.55. The van der Waals surface area contributed by atoms with Crippen LogP contribution in [0.15, 0.2) is 64.5 Å². The topological polar surface area (TPSA) is 88.0 Å². The summed E-state index contributed by atoms with van der Waals surface area (Å²) in [7, 11) is -3.55. The van der Waals surface area contributed by atoms with Crippen molar-refractivity contribution < 1.29 is 18.3 Å². The maximum atomic E-state index is 11.9. The van der Waals surface area contributed by atoms with E-state index in [1.165, 1.54) is 6.07 Å². The summed E-state index contributed by atoms with van der Waals surface area (Å²) in [4.78, 5) is 4.37. The minimum absolute atomic E-state index is 0.0407. The van der Waals surface area contributed by atoms with Gasteiger partial charge in [0.05, 0.1) is 11.4 Å². The fourth-order valence-corrected chi connectivity index (χ4v) is 3.46. The van der Waals surface area contributed by atoms with Gasteiger partial charge in [-0.1, -0.05) is 30.3 Å². The molecule has 2 aromatic rings. The predicted molar refractivity (Wildman–Crippen MR) is 86.1 cm³/mol. The summed E-state index contributed by atoms with van der Waals surface area (Å²) in [5, 5.41) is 9.94. The Bertz CT molecular complexity index is 819. The average Bonchev–Trinajstić information content (AvgIpc) is 2.83. The normalized spacial score (nSPS) is 18.2. The lowest BCUT2D eigenvalue weighted by Crippen LogP contribution is -2.26. The summed E-state index contributed by atoms with van der Waals surface area (Å²) in [5.41, 5.74) is 0.517. The molecule has 1 atom stereocenters. The molecule has 0 aliphatic carbocycles. The first-order valence-electron chi connectivity index (χ1n) is 7.09. The fraction of sp³-hybridized carbons (Fsp3) is 0.188. The molecule has 2 aromatic carbocycles. The van der Waals surface area contributed by atoms with Crippen LogP contribution in [0.25, 0.3) is 0 Å². The molecule has 0 saturated heterocycles. The number of aliphatic imine (C=N–C) groups is 1. The molecule has 120 valence electrons. The van der Waals surface area contributed by atoms with Crippen molar-refractivity contribution in [2.75, 3.05) is 13.2 Å². The van der Waals surface area contributed by atoms with Crippen molar-refractivity contribution in [3.05, 3.63) is 60.2 Å². The highest BCUT2D eigenvalue weighted by atomic mass is 32.2. The number of amidine groups is 1. The van der Waals surface area contributed by atoms with E-state index in [1.807, 2.05) is 18.2 Å². The third-order valence-corrected chi connectivity index (χ3v) is 4.71. The summed E-state index contributed by atoms with van der Waals surface area (Å²) in [6.45, 7) is 0.119. The van der Waals surface area contributed by atoms with Crippen LogP contribution in [0.3, 0.4) is 0 Å². The minimum Gasteiger partial charge on any atom is -0.491 e. The quantitative estimate of drug-likeness (QED) is 0.860. The van der Waals surface area contributed by atoms with Gasteiger partial charge in [-0.2, -0.15) is 0 Å². The first-order chi connectivity index (χ1) is 11.1. The van der Waals surface area contributed by atoms with Gasteiger partial charge in [-0.25, -0.2) is 8.42 Å². The SMILES string of the molecule is O=S1(=O)NC(=NCC(O)COc2ccccc2)c2ccccc21. The molecule has 3 rings (SSSR count). The Balaban J connectivity index is 1.64. The molecule has 0 aromatic heterocycles. The van der Waals surface area contributed by atoms with E-state index in [-0.39, 0.29) is 23.9 Å². The lowest BCUT2D eigenvalue weighted by Gasteiger charge is -2.10. The summed E-state index contributed by atoms with van der Waals surface area (Å²) in [5.74, 6) is 0.908. The van der Waals surface area contributed by atoms with Gasteiger partial charge in [-0.15, -0.1) is 0 Å². The number of rotatable bonds is 5. The molecule has 0 spiro atoms. The number of aliphatic hydroxyl groups excluding tert-OH is 1. The molecule has 0 saturated carbocycles. The van der Waals surface area contributed by atoms with Crippen LogP contribution in [0.5, 0.6) is 5.75 Å². The van der Waals surface area contributed by atoms with Crippen molar-refractivity contribution in [1.82, 2.24) is 4.72 Å². The molecule has 1 unspecified atom stereocenters. The number of nitrogens with zero attached hydrogens (tertiary/aromatic N) is 1. The highest BCUT2D eigenvalue weighted by Gasteiger charge is 2.30. The third kappa shape index (κ3) is 3.52. The molecule has 23 heavy (non-hydrogen) atoms. The van der Waals surface area contributed by atoms with E-state index in [0.29, 0.717) is 11.3 Å². The number of para-hydroxylation sites is 1. The van der Waals surface area contributed by atoms with Crippen LogP contribution in [-0.4, -0.2) is 38.6 Å². The van der Waals surface area contributed by atoms with Crippen LogP contribution >= 0.6 is 0 Å². The summed E-state index contributed by atoms with van der Waals surface area (Å²) in [6.07, 6.45) is -0.833. The molecule has 6 nitrogen and oxygen atoms in total. The van der Waals surface area contributed by atoms with Gasteiger partial charge in [0.25, 0.3) is 10.0 Å². The van der Waals surface area contributed by atoms with E-state index in [0.717, 1.165) is 0 Å². The van der Waals surface area contributed by atoms with Crippen molar-refractivity contribution in [2.24, 2.45) is 4.99 Å². The summed E-state index contributed by atoms with van der Waals surface area (Å²) in [6, 6.07) is 15.7. The number of benzene rings is 2. The standard InChI is InChI=1S/C16H16N2O4S/c19-12(11-22-13-6-2-1-3-7-13)10-17-16-14-8-4-5-9-15(14)23(20,21)18-16/h1-9,12,19H,10-11H2,(H,17,18). The third-order valence-electron chi connectivity index (χ3n) is 3.31. The average molecular weight is 332 g/mol.